The Balaban J connectivity index is 2.57. The molecule has 3 N–H and O–H groups in total. The van der Waals surface area contributed by atoms with Crippen LogP contribution in [-0.4, -0.2) is 6.02 Å². The van der Waals surface area contributed by atoms with Gasteiger partial charge in [-0.15, -0.1) is 0 Å². The van der Waals surface area contributed by atoms with Crippen LogP contribution in [0.5, 0.6) is 0 Å². The third-order valence-corrected chi connectivity index (χ3v) is 1.52. The van der Waals surface area contributed by atoms with Gasteiger partial charge in [-0.25, -0.2) is 0 Å². The lowest BCUT2D eigenvalue weighted by Gasteiger charge is -2.02. The summed E-state index contributed by atoms with van der Waals surface area (Å²) in [6.45, 7) is 0.288. The number of hydrogen-bond donors (Lipinski definition) is 2. The van der Waals surface area contributed by atoms with Crippen molar-refractivity contribution < 1.29 is 4.74 Å². The van der Waals surface area contributed by atoms with Crippen molar-refractivity contribution in [1.29, 1.82) is 5.41 Å². The highest BCUT2D eigenvalue weighted by Gasteiger charge is 1.94. The summed E-state index contributed by atoms with van der Waals surface area (Å²) in [4.78, 5) is 0. The maximum absolute atomic E-state index is 6.82. The topological polar surface area (TPSA) is 59.1 Å². The number of benzene rings is 1. The van der Waals surface area contributed by atoms with Gasteiger partial charge in [0.05, 0.1) is 0 Å². The van der Waals surface area contributed by atoms with Crippen LogP contribution in [-0.2, 0) is 11.3 Å². The lowest BCUT2D eigenvalue weighted by atomic mass is 10.2. The maximum atomic E-state index is 6.82. The summed E-state index contributed by atoms with van der Waals surface area (Å²) in [5.74, 6) is 0. The number of halogens is 1. The highest BCUT2D eigenvalue weighted by atomic mass is 35.5. The van der Waals surface area contributed by atoms with E-state index >= 15 is 0 Å². The van der Waals surface area contributed by atoms with Gasteiger partial charge in [0, 0.05) is 5.02 Å². The fraction of sp³-hybridized carbons (Fsp3) is 0.125. The Bertz CT molecular complexity index is 288. The molecule has 1 rings (SSSR count). The number of amidine groups is 1. The van der Waals surface area contributed by atoms with Crippen LogP contribution in [0.15, 0.2) is 24.3 Å². The standard InChI is InChI=1S/C8H9ClN2O/c9-7-3-1-2-6(4-7)5-12-8(10)11/h1-4H,5H2,(H3,10,11). The zero-order valence-corrected chi connectivity index (χ0v) is 7.14. The third kappa shape index (κ3) is 2.80. The minimum Gasteiger partial charge on any atom is -0.461 e. The predicted octanol–water partition coefficient (Wildman–Crippen LogP) is 1.75. The van der Waals surface area contributed by atoms with Gasteiger partial charge in [0.2, 0.25) is 0 Å². The average Bonchev–Trinajstić information content (AvgIpc) is 2.01. The van der Waals surface area contributed by atoms with Gasteiger partial charge in [0.1, 0.15) is 6.61 Å². The molecule has 0 unspecified atom stereocenters. The SMILES string of the molecule is N=C(N)OCc1cccc(Cl)c1. The fourth-order valence-corrected chi connectivity index (χ4v) is 1.00. The summed E-state index contributed by atoms with van der Waals surface area (Å²) in [5, 5.41) is 7.47. The summed E-state index contributed by atoms with van der Waals surface area (Å²) in [6.07, 6.45) is 0. The quantitative estimate of drug-likeness (QED) is 0.544. The summed E-state index contributed by atoms with van der Waals surface area (Å²) in [5.41, 5.74) is 5.91. The van der Waals surface area contributed by atoms with E-state index in [1.165, 1.54) is 0 Å². The molecule has 0 aliphatic rings. The second-order valence-electron chi connectivity index (χ2n) is 2.28. The molecule has 0 aliphatic carbocycles. The molecule has 1 aromatic rings. The summed E-state index contributed by atoms with van der Waals surface area (Å²) >= 11 is 5.72. The third-order valence-electron chi connectivity index (χ3n) is 1.28. The monoisotopic (exact) mass is 184 g/mol. The van der Waals surface area contributed by atoms with E-state index in [-0.39, 0.29) is 12.6 Å². The number of nitrogens with one attached hydrogen (secondary N) is 1. The smallest absolute Gasteiger partial charge is 0.279 e. The molecule has 0 radical (unpaired) electrons. The zero-order chi connectivity index (χ0) is 8.97. The van der Waals surface area contributed by atoms with Crippen molar-refractivity contribution in [1.82, 2.24) is 0 Å². The van der Waals surface area contributed by atoms with Gasteiger partial charge in [-0.2, -0.15) is 0 Å². The molecule has 0 saturated heterocycles. The molecule has 0 atom stereocenters. The molecule has 0 aromatic heterocycles. The molecule has 0 amide bonds. The molecule has 0 bridgehead atoms. The Labute approximate surface area is 75.6 Å². The van der Waals surface area contributed by atoms with Crippen molar-refractivity contribution in [3.05, 3.63) is 34.9 Å². The highest BCUT2D eigenvalue weighted by Crippen LogP contribution is 2.10. The first-order valence-electron chi connectivity index (χ1n) is 3.40. The maximum Gasteiger partial charge on any atom is 0.279 e. The second kappa shape index (κ2) is 3.97. The van der Waals surface area contributed by atoms with E-state index in [2.05, 4.69) is 0 Å². The summed E-state index contributed by atoms with van der Waals surface area (Å²) in [6, 6.07) is 6.94. The van der Waals surface area contributed by atoms with E-state index in [4.69, 9.17) is 27.5 Å². The van der Waals surface area contributed by atoms with Gasteiger partial charge in [0.15, 0.2) is 0 Å². The van der Waals surface area contributed by atoms with Crippen LogP contribution in [0.4, 0.5) is 0 Å². The zero-order valence-electron chi connectivity index (χ0n) is 6.38. The van der Waals surface area contributed by atoms with Crippen molar-refractivity contribution in [3.63, 3.8) is 0 Å². The van der Waals surface area contributed by atoms with E-state index in [9.17, 15) is 0 Å². The number of rotatable bonds is 2. The van der Waals surface area contributed by atoms with Crippen LogP contribution in [0, 0.1) is 5.41 Å². The first kappa shape index (κ1) is 8.87. The molecular weight excluding hydrogens is 176 g/mol. The summed E-state index contributed by atoms with van der Waals surface area (Å²) < 4.78 is 4.79. The highest BCUT2D eigenvalue weighted by molar-refractivity contribution is 6.30. The largest absolute Gasteiger partial charge is 0.461 e. The van der Waals surface area contributed by atoms with Crippen LogP contribution < -0.4 is 5.73 Å². The van der Waals surface area contributed by atoms with E-state index in [1.54, 1.807) is 12.1 Å². The Morgan fingerprint density at radius 2 is 2.33 bits per heavy atom. The van der Waals surface area contributed by atoms with Crippen LogP contribution in [0.25, 0.3) is 0 Å². The lowest BCUT2D eigenvalue weighted by molar-refractivity contribution is 0.284. The Hall–Kier alpha value is -1.22. The van der Waals surface area contributed by atoms with Crippen molar-refractivity contribution in [2.75, 3.05) is 0 Å². The van der Waals surface area contributed by atoms with Gasteiger partial charge < -0.3 is 10.5 Å². The second-order valence-corrected chi connectivity index (χ2v) is 2.72. The Kier molecular flexibility index (Phi) is 2.94. The molecule has 0 saturated carbocycles. The molecule has 0 heterocycles. The Morgan fingerprint density at radius 1 is 1.58 bits per heavy atom. The molecule has 4 heteroatoms. The van der Waals surface area contributed by atoms with Gasteiger partial charge in [-0.05, 0) is 17.7 Å². The van der Waals surface area contributed by atoms with Crippen molar-refractivity contribution in [2.45, 2.75) is 6.61 Å². The first-order valence-corrected chi connectivity index (χ1v) is 3.77. The van der Waals surface area contributed by atoms with Crippen molar-refractivity contribution in [3.8, 4) is 0 Å². The molecule has 0 fully saturated rings. The van der Waals surface area contributed by atoms with Gasteiger partial charge >= 0.3 is 0 Å². The van der Waals surface area contributed by atoms with E-state index in [0.717, 1.165) is 5.56 Å². The van der Waals surface area contributed by atoms with Crippen LogP contribution in [0.3, 0.4) is 0 Å². The molecule has 0 aliphatic heterocycles. The molecule has 12 heavy (non-hydrogen) atoms. The van der Waals surface area contributed by atoms with Crippen LogP contribution in [0.2, 0.25) is 5.02 Å². The minimum absolute atomic E-state index is 0.282. The van der Waals surface area contributed by atoms with E-state index in [1.807, 2.05) is 12.1 Å². The van der Waals surface area contributed by atoms with Crippen LogP contribution in [0.1, 0.15) is 5.56 Å². The molecule has 64 valence electrons. The fourth-order valence-electron chi connectivity index (χ4n) is 0.788. The molecule has 3 nitrogen and oxygen atoms in total. The Morgan fingerprint density at radius 3 is 2.92 bits per heavy atom. The number of ether oxygens (including phenoxy) is 1. The van der Waals surface area contributed by atoms with Gasteiger partial charge in [0.25, 0.3) is 6.02 Å². The first-order chi connectivity index (χ1) is 5.68. The van der Waals surface area contributed by atoms with Gasteiger partial charge in [-0.3, -0.25) is 5.41 Å². The number of nitrogens with two attached hydrogens (primary N) is 1. The van der Waals surface area contributed by atoms with Crippen molar-refractivity contribution >= 4 is 17.6 Å². The molecule has 0 spiro atoms. The number of hydrogen-bond acceptors (Lipinski definition) is 2. The van der Waals surface area contributed by atoms with E-state index < -0.39 is 0 Å². The molecular formula is C8H9ClN2O. The minimum atomic E-state index is -0.282. The normalized spacial score (nSPS) is 9.42. The van der Waals surface area contributed by atoms with Crippen molar-refractivity contribution in [2.24, 2.45) is 5.73 Å². The van der Waals surface area contributed by atoms with Crippen LogP contribution >= 0.6 is 11.6 Å². The molecule has 1 aromatic carbocycles. The average molecular weight is 185 g/mol. The van der Waals surface area contributed by atoms with E-state index in [0.29, 0.717) is 5.02 Å². The predicted molar refractivity (Wildman–Crippen MR) is 48.2 cm³/mol. The summed E-state index contributed by atoms with van der Waals surface area (Å²) in [7, 11) is 0. The lowest BCUT2D eigenvalue weighted by Crippen LogP contribution is -2.13. The van der Waals surface area contributed by atoms with Gasteiger partial charge in [-0.1, -0.05) is 23.7 Å².